The lowest BCUT2D eigenvalue weighted by molar-refractivity contribution is 0.816. The smallest absolute Gasteiger partial charge is 0.107 e. The van der Waals surface area contributed by atoms with Crippen LogP contribution in [-0.2, 0) is 6.42 Å². The molecule has 1 aromatic heterocycles. The van der Waals surface area contributed by atoms with Crippen LogP contribution < -0.4 is 0 Å². The van der Waals surface area contributed by atoms with Gasteiger partial charge in [-0.1, -0.05) is 13.8 Å². The number of aryl methyl sites for hydroxylation is 2. The van der Waals surface area contributed by atoms with E-state index in [1.807, 2.05) is 0 Å². The first kappa shape index (κ1) is 9.59. The number of hydrogen-bond donors (Lipinski definition) is 1. The number of rotatable bonds is 3. The Morgan fingerprint density at radius 3 is 2.58 bits per heavy atom. The largest absolute Gasteiger partial charge is 0.346 e. The minimum atomic E-state index is 0.491. The molecule has 1 rings (SSSR count). The predicted molar refractivity (Wildman–Crippen MR) is 51.8 cm³/mol. The molecule has 0 saturated carbocycles. The first-order chi connectivity index (χ1) is 5.65. The molecule has 0 radical (unpaired) electrons. The van der Waals surface area contributed by atoms with Gasteiger partial charge in [-0.3, -0.25) is 0 Å². The maximum atomic E-state index is 5.62. The summed E-state index contributed by atoms with van der Waals surface area (Å²) in [4.78, 5) is 7.69. The molecule has 0 spiro atoms. The number of aromatic amines is 1. The second kappa shape index (κ2) is 3.94. The van der Waals surface area contributed by atoms with Gasteiger partial charge in [0.15, 0.2) is 0 Å². The van der Waals surface area contributed by atoms with Crippen molar-refractivity contribution in [1.82, 2.24) is 9.97 Å². The van der Waals surface area contributed by atoms with Crippen molar-refractivity contribution >= 4 is 11.6 Å². The van der Waals surface area contributed by atoms with Gasteiger partial charge in [0, 0.05) is 18.0 Å². The number of aromatic nitrogens is 2. The number of nitrogens with one attached hydrogen (secondary N) is 1. The summed E-state index contributed by atoms with van der Waals surface area (Å²) in [5.74, 6) is 2.13. The van der Waals surface area contributed by atoms with E-state index in [2.05, 4.69) is 30.7 Å². The topological polar surface area (TPSA) is 28.7 Å². The summed E-state index contributed by atoms with van der Waals surface area (Å²) in [7, 11) is 0. The Bertz CT molecular complexity index is 253. The van der Waals surface area contributed by atoms with Gasteiger partial charge in [-0.15, -0.1) is 11.6 Å². The van der Waals surface area contributed by atoms with Gasteiger partial charge in [-0.25, -0.2) is 4.98 Å². The number of nitrogens with zero attached hydrogens (tertiary/aromatic N) is 1. The fraction of sp³-hybridized carbons (Fsp3) is 0.667. The molecule has 0 aliphatic carbocycles. The molecular weight excluding hydrogens is 172 g/mol. The van der Waals surface area contributed by atoms with E-state index in [1.165, 1.54) is 5.69 Å². The average molecular weight is 187 g/mol. The minimum absolute atomic E-state index is 0.491. The van der Waals surface area contributed by atoms with Crippen molar-refractivity contribution < 1.29 is 0 Å². The Morgan fingerprint density at radius 2 is 2.17 bits per heavy atom. The lowest BCUT2D eigenvalue weighted by atomic mass is 10.1. The van der Waals surface area contributed by atoms with Gasteiger partial charge >= 0.3 is 0 Å². The number of halogens is 1. The second-order valence-corrected chi connectivity index (χ2v) is 3.67. The first-order valence-electron chi connectivity index (χ1n) is 4.26. The lowest BCUT2D eigenvalue weighted by Crippen LogP contribution is -1.91. The van der Waals surface area contributed by atoms with Crippen molar-refractivity contribution in [2.45, 2.75) is 33.1 Å². The third-order valence-electron chi connectivity index (χ3n) is 1.85. The van der Waals surface area contributed by atoms with E-state index in [0.29, 0.717) is 11.8 Å². The van der Waals surface area contributed by atoms with E-state index in [9.17, 15) is 0 Å². The Kier molecular flexibility index (Phi) is 3.15. The number of alkyl halides is 1. The fourth-order valence-corrected chi connectivity index (χ4v) is 1.49. The molecular formula is C9H15ClN2. The van der Waals surface area contributed by atoms with E-state index >= 15 is 0 Å². The summed E-state index contributed by atoms with van der Waals surface area (Å²) in [5.41, 5.74) is 2.33. The molecule has 0 unspecified atom stereocenters. The van der Waals surface area contributed by atoms with E-state index in [-0.39, 0.29) is 0 Å². The van der Waals surface area contributed by atoms with Crippen LogP contribution in [0.3, 0.4) is 0 Å². The molecule has 68 valence electrons. The van der Waals surface area contributed by atoms with Crippen LogP contribution in [0.2, 0.25) is 0 Å². The second-order valence-electron chi connectivity index (χ2n) is 3.29. The molecule has 0 saturated heterocycles. The molecule has 0 atom stereocenters. The van der Waals surface area contributed by atoms with E-state index < -0.39 is 0 Å². The molecule has 2 nitrogen and oxygen atoms in total. The predicted octanol–water partition coefficient (Wildman–Crippen LogP) is 2.62. The summed E-state index contributed by atoms with van der Waals surface area (Å²) >= 11 is 5.62. The SMILES string of the molecule is Cc1[nH]c(CCCl)nc1C(C)C. The zero-order chi connectivity index (χ0) is 9.14. The third kappa shape index (κ3) is 2.01. The molecule has 0 bridgehead atoms. The van der Waals surface area contributed by atoms with E-state index in [4.69, 9.17) is 11.6 Å². The van der Waals surface area contributed by atoms with Crippen LogP contribution in [0.15, 0.2) is 0 Å². The average Bonchev–Trinajstić information content (AvgIpc) is 2.32. The molecule has 0 aliphatic heterocycles. The van der Waals surface area contributed by atoms with Crippen LogP contribution >= 0.6 is 11.6 Å². The van der Waals surface area contributed by atoms with Crippen molar-refractivity contribution in [2.75, 3.05) is 5.88 Å². The van der Waals surface area contributed by atoms with Crippen molar-refractivity contribution in [3.63, 3.8) is 0 Å². The third-order valence-corrected chi connectivity index (χ3v) is 2.04. The van der Waals surface area contributed by atoms with Gasteiger partial charge in [-0.05, 0) is 12.8 Å². The van der Waals surface area contributed by atoms with Gasteiger partial charge in [-0.2, -0.15) is 0 Å². The highest BCUT2D eigenvalue weighted by atomic mass is 35.5. The molecule has 0 aromatic carbocycles. The highest BCUT2D eigenvalue weighted by Gasteiger charge is 2.08. The Balaban J connectivity index is 2.85. The van der Waals surface area contributed by atoms with Crippen LogP contribution in [-0.4, -0.2) is 15.8 Å². The minimum Gasteiger partial charge on any atom is -0.346 e. The van der Waals surface area contributed by atoms with Gasteiger partial charge in [0.1, 0.15) is 5.82 Å². The summed E-state index contributed by atoms with van der Waals surface area (Å²) in [5, 5.41) is 0. The van der Waals surface area contributed by atoms with Gasteiger partial charge < -0.3 is 4.98 Å². The molecule has 1 heterocycles. The monoisotopic (exact) mass is 186 g/mol. The number of H-pyrrole nitrogens is 1. The highest BCUT2D eigenvalue weighted by molar-refractivity contribution is 6.17. The molecule has 1 aromatic rings. The van der Waals surface area contributed by atoms with Gasteiger partial charge in [0.05, 0.1) is 5.69 Å². The molecule has 12 heavy (non-hydrogen) atoms. The maximum absolute atomic E-state index is 5.62. The van der Waals surface area contributed by atoms with Crippen molar-refractivity contribution in [3.8, 4) is 0 Å². The summed E-state index contributed by atoms with van der Waals surface area (Å²) < 4.78 is 0. The Morgan fingerprint density at radius 1 is 1.50 bits per heavy atom. The zero-order valence-corrected chi connectivity index (χ0v) is 8.57. The number of imidazole rings is 1. The highest BCUT2D eigenvalue weighted by Crippen LogP contribution is 2.16. The van der Waals surface area contributed by atoms with Gasteiger partial charge in [0.2, 0.25) is 0 Å². The molecule has 0 fully saturated rings. The quantitative estimate of drug-likeness (QED) is 0.723. The summed E-state index contributed by atoms with van der Waals surface area (Å²) in [6, 6.07) is 0. The maximum Gasteiger partial charge on any atom is 0.107 e. The fourth-order valence-electron chi connectivity index (χ4n) is 1.31. The van der Waals surface area contributed by atoms with E-state index in [0.717, 1.165) is 17.9 Å². The lowest BCUT2D eigenvalue weighted by Gasteiger charge is -1.99. The zero-order valence-electron chi connectivity index (χ0n) is 7.82. The molecule has 0 aliphatic rings. The number of hydrogen-bond acceptors (Lipinski definition) is 1. The van der Waals surface area contributed by atoms with Gasteiger partial charge in [0.25, 0.3) is 0 Å². The molecule has 3 heteroatoms. The summed E-state index contributed by atoms with van der Waals surface area (Å²) in [6.07, 6.45) is 0.828. The summed E-state index contributed by atoms with van der Waals surface area (Å²) in [6.45, 7) is 6.35. The molecule has 1 N–H and O–H groups in total. The first-order valence-corrected chi connectivity index (χ1v) is 4.80. The standard InChI is InChI=1S/C9H15ClN2/c1-6(2)9-7(3)11-8(12-9)4-5-10/h6H,4-5H2,1-3H3,(H,11,12). The van der Waals surface area contributed by atoms with Crippen LogP contribution in [0.1, 0.15) is 37.0 Å². The normalized spacial score (nSPS) is 11.1. The van der Waals surface area contributed by atoms with Crippen molar-refractivity contribution in [3.05, 3.63) is 17.2 Å². The van der Waals surface area contributed by atoms with Crippen LogP contribution in [0, 0.1) is 6.92 Å². The van der Waals surface area contributed by atoms with Crippen LogP contribution in [0.5, 0.6) is 0 Å². The Labute approximate surface area is 78.4 Å². The Hall–Kier alpha value is -0.500. The molecule has 0 amide bonds. The van der Waals surface area contributed by atoms with Crippen molar-refractivity contribution in [2.24, 2.45) is 0 Å². The van der Waals surface area contributed by atoms with Crippen LogP contribution in [0.25, 0.3) is 0 Å². The van der Waals surface area contributed by atoms with E-state index in [1.54, 1.807) is 0 Å². The van der Waals surface area contributed by atoms with Crippen molar-refractivity contribution in [1.29, 1.82) is 0 Å². The van der Waals surface area contributed by atoms with Crippen LogP contribution in [0.4, 0.5) is 0 Å².